The number of ether oxygens (including phenoxy) is 2. The second-order valence-corrected chi connectivity index (χ2v) is 8.30. The van der Waals surface area contributed by atoms with E-state index in [1.807, 2.05) is 22.8 Å². The lowest BCUT2D eigenvalue weighted by atomic mass is 10.2. The minimum absolute atomic E-state index is 0.173. The highest BCUT2D eigenvalue weighted by molar-refractivity contribution is 7.99. The predicted octanol–water partition coefficient (Wildman–Crippen LogP) is 2.68. The largest absolute Gasteiger partial charge is 0.465 e. The molecule has 0 saturated carbocycles. The molecule has 1 aliphatic rings. The Bertz CT molecular complexity index is 1080. The number of rotatable bonds is 8. The molecule has 4 rings (SSSR count). The van der Waals surface area contributed by atoms with E-state index in [0.717, 1.165) is 24.6 Å². The third kappa shape index (κ3) is 5.91. The van der Waals surface area contributed by atoms with Crippen LogP contribution in [-0.2, 0) is 20.8 Å². The van der Waals surface area contributed by atoms with E-state index < -0.39 is 5.97 Å². The number of carbonyl (C=O) groups excluding carboxylic acids is 2. The Kier molecular flexibility index (Phi) is 7.59. The van der Waals surface area contributed by atoms with Crippen LogP contribution < -0.4 is 10.2 Å². The van der Waals surface area contributed by atoms with Crippen LogP contribution in [0.2, 0.25) is 0 Å². The molecule has 2 aromatic carbocycles. The van der Waals surface area contributed by atoms with E-state index in [-0.39, 0.29) is 11.7 Å². The monoisotopic (exact) mass is 467 g/mol. The Balaban J connectivity index is 1.44. The highest BCUT2D eigenvalue weighted by atomic mass is 32.2. The third-order valence-corrected chi connectivity index (χ3v) is 6.06. The molecule has 1 saturated heterocycles. The van der Waals surface area contributed by atoms with Gasteiger partial charge in [-0.15, -0.1) is 10.2 Å². The van der Waals surface area contributed by atoms with E-state index in [2.05, 4.69) is 37.3 Å². The fourth-order valence-corrected chi connectivity index (χ4v) is 4.16. The molecule has 172 valence electrons. The topological polar surface area (TPSA) is 98.6 Å². The van der Waals surface area contributed by atoms with Gasteiger partial charge in [-0.2, -0.15) is 0 Å². The van der Waals surface area contributed by atoms with Gasteiger partial charge in [0.05, 0.1) is 38.2 Å². The number of amides is 1. The molecule has 0 radical (unpaired) electrons. The molecule has 1 aliphatic heterocycles. The zero-order valence-electron chi connectivity index (χ0n) is 18.3. The average molecular weight is 468 g/mol. The molecule has 10 heteroatoms. The Morgan fingerprint density at radius 1 is 1.06 bits per heavy atom. The van der Waals surface area contributed by atoms with Gasteiger partial charge >= 0.3 is 5.97 Å². The summed E-state index contributed by atoms with van der Waals surface area (Å²) in [5, 5.41) is 12.3. The lowest BCUT2D eigenvalue weighted by Gasteiger charge is -2.28. The maximum Gasteiger partial charge on any atom is 0.337 e. The molecule has 0 bridgehead atoms. The SMILES string of the molecule is COC(=O)c1ccc(NC(=O)CSc2nnc(N3CCOCC3)n2Cc2ccccc2)cc1. The fraction of sp³-hybridized carbons (Fsp3) is 0.304. The normalized spacial score (nSPS) is 13.5. The molecule has 9 nitrogen and oxygen atoms in total. The number of hydrogen-bond acceptors (Lipinski definition) is 8. The predicted molar refractivity (Wildman–Crippen MR) is 126 cm³/mol. The van der Waals surface area contributed by atoms with E-state index >= 15 is 0 Å². The van der Waals surface area contributed by atoms with Gasteiger partial charge in [-0.05, 0) is 29.8 Å². The van der Waals surface area contributed by atoms with Crippen LogP contribution in [0.25, 0.3) is 0 Å². The number of aromatic nitrogens is 3. The standard InChI is InChI=1S/C23H25N5O4S/c1-31-21(30)18-7-9-19(10-8-18)24-20(29)16-33-23-26-25-22(27-11-13-32-14-12-27)28(23)15-17-5-3-2-4-6-17/h2-10H,11-16H2,1H3,(H,24,29). The molecule has 33 heavy (non-hydrogen) atoms. The first-order valence-corrected chi connectivity index (χ1v) is 11.5. The van der Waals surface area contributed by atoms with Crippen LogP contribution >= 0.6 is 11.8 Å². The van der Waals surface area contributed by atoms with Crippen LogP contribution in [0, 0.1) is 0 Å². The number of methoxy groups -OCH3 is 1. The van der Waals surface area contributed by atoms with Gasteiger partial charge in [-0.25, -0.2) is 4.79 Å². The number of nitrogens with zero attached hydrogens (tertiary/aromatic N) is 4. The van der Waals surface area contributed by atoms with Crippen molar-refractivity contribution < 1.29 is 19.1 Å². The highest BCUT2D eigenvalue weighted by Crippen LogP contribution is 2.24. The van der Waals surface area contributed by atoms with Crippen LogP contribution in [0.3, 0.4) is 0 Å². The summed E-state index contributed by atoms with van der Waals surface area (Å²) in [5.41, 5.74) is 2.16. The van der Waals surface area contributed by atoms with Crippen molar-refractivity contribution in [3.8, 4) is 0 Å². The van der Waals surface area contributed by atoms with Gasteiger partial charge in [-0.3, -0.25) is 9.36 Å². The van der Waals surface area contributed by atoms with Gasteiger partial charge < -0.3 is 19.7 Å². The molecule has 3 aromatic rings. The highest BCUT2D eigenvalue weighted by Gasteiger charge is 2.21. The fourth-order valence-electron chi connectivity index (χ4n) is 3.42. The Morgan fingerprint density at radius 3 is 2.48 bits per heavy atom. The third-order valence-electron chi connectivity index (χ3n) is 5.10. The molecule has 0 spiro atoms. The summed E-state index contributed by atoms with van der Waals surface area (Å²) in [6, 6.07) is 16.7. The van der Waals surface area contributed by atoms with Crippen molar-refractivity contribution in [3.05, 3.63) is 65.7 Å². The average Bonchev–Trinajstić information content (AvgIpc) is 3.26. The first-order valence-electron chi connectivity index (χ1n) is 10.5. The van der Waals surface area contributed by atoms with E-state index in [9.17, 15) is 9.59 Å². The quantitative estimate of drug-likeness (QED) is 0.399. The summed E-state index contributed by atoms with van der Waals surface area (Å²) in [4.78, 5) is 26.2. The van der Waals surface area contributed by atoms with E-state index in [4.69, 9.17) is 4.74 Å². The van der Waals surface area contributed by atoms with Gasteiger partial charge in [0.15, 0.2) is 5.16 Å². The van der Waals surface area contributed by atoms with Gasteiger partial charge in [0.25, 0.3) is 0 Å². The molecule has 2 heterocycles. The minimum atomic E-state index is -0.419. The first-order chi connectivity index (χ1) is 16.1. The Labute approximate surface area is 196 Å². The van der Waals surface area contributed by atoms with Crippen molar-refractivity contribution in [2.75, 3.05) is 49.4 Å². The van der Waals surface area contributed by atoms with Crippen molar-refractivity contribution in [1.82, 2.24) is 14.8 Å². The summed E-state index contributed by atoms with van der Waals surface area (Å²) < 4.78 is 12.2. The van der Waals surface area contributed by atoms with Crippen molar-refractivity contribution in [3.63, 3.8) is 0 Å². The van der Waals surface area contributed by atoms with Crippen LogP contribution in [0.15, 0.2) is 59.8 Å². The molecule has 0 aliphatic carbocycles. The number of esters is 1. The maximum absolute atomic E-state index is 12.5. The second kappa shape index (κ2) is 11.0. The summed E-state index contributed by atoms with van der Waals surface area (Å²) in [6.07, 6.45) is 0. The zero-order valence-corrected chi connectivity index (χ0v) is 19.1. The van der Waals surface area contributed by atoms with Gasteiger partial charge in [0.2, 0.25) is 11.9 Å². The number of thioether (sulfide) groups is 1. The maximum atomic E-state index is 12.5. The molecule has 1 N–H and O–H groups in total. The van der Waals surface area contributed by atoms with Gasteiger partial charge in [-0.1, -0.05) is 42.1 Å². The molecule has 0 unspecified atom stereocenters. The van der Waals surface area contributed by atoms with Crippen LogP contribution in [0.5, 0.6) is 0 Å². The summed E-state index contributed by atoms with van der Waals surface area (Å²) in [5.74, 6) is 0.364. The lowest BCUT2D eigenvalue weighted by Crippen LogP contribution is -2.38. The molecular formula is C23H25N5O4S. The van der Waals surface area contributed by atoms with Crippen LogP contribution in [0.1, 0.15) is 15.9 Å². The minimum Gasteiger partial charge on any atom is -0.465 e. The van der Waals surface area contributed by atoms with E-state index in [1.54, 1.807) is 24.3 Å². The van der Waals surface area contributed by atoms with Gasteiger partial charge in [0.1, 0.15) is 0 Å². The number of hydrogen-bond donors (Lipinski definition) is 1. The van der Waals surface area contributed by atoms with Crippen molar-refractivity contribution in [1.29, 1.82) is 0 Å². The summed E-state index contributed by atoms with van der Waals surface area (Å²) in [6.45, 7) is 3.41. The van der Waals surface area contributed by atoms with Crippen molar-refractivity contribution in [2.24, 2.45) is 0 Å². The van der Waals surface area contributed by atoms with Gasteiger partial charge in [0, 0.05) is 18.8 Å². The molecular weight excluding hydrogens is 442 g/mol. The number of morpholine rings is 1. The number of nitrogens with one attached hydrogen (secondary N) is 1. The summed E-state index contributed by atoms with van der Waals surface area (Å²) in [7, 11) is 1.33. The Hall–Kier alpha value is -3.37. The van der Waals surface area contributed by atoms with Crippen LogP contribution in [0.4, 0.5) is 11.6 Å². The molecule has 1 fully saturated rings. The smallest absolute Gasteiger partial charge is 0.337 e. The molecule has 1 amide bonds. The van der Waals surface area contributed by atoms with E-state index in [0.29, 0.717) is 36.2 Å². The Morgan fingerprint density at radius 2 is 1.79 bits per heavy atom. The first kappa shape index (κ1) is 22.8. The van der Waals surface area contributed by atoms with E-state index in [1.165, 1.54) is 18.9 Å². The van der Waals surface area contributed by atoms with Crippen molar-refractivity contribution >= 4 is 35.3 Å². The molecule has 0 atom stereocenters. The molecule has 1 aromatic heterocycles. The number of anilines is 2. The van der Waals surface area contributed by atoms with Crippen LogP contribution in [-0.4, -0.2) is 65.8 Å². The zero-order chi connectivity index (χ0) is 23.0. The number of benzene rings is 2. The summed E-state index contributed by atoms with van der Waals surface area (Å²) >= 11 is 1.34. The van der Waals surface area contributed by atoms with Crippen molar-refractivity contribution in [2.45, 2.75) is 11.7 Å². The lowest BCUT2D eigenvalue weighted by molar-refractivity contribution is -0.113. The number of carbonyl (C=O) groups is 2. The second-order valence-electron chi connectivity index (χ2n) is 7.36.